The van der Waals surface area contributed by atoms with Crippen LogP contribution in [0.3, 0.4) is 0 Å². The molecule has 0 radical (unpaired) electrons. The third kappa shape index (κ3) is 9.93. The van der Waals surface area contributed by atoms with Crippen LogP contribution in [0, 0.1) is 0 Å². The van der Waals surface area contributed by atoms with E-state index < -0.39 is 32.3 Å². The summed E-state index contributed by atoms with van der Waals surface area (Å²) in [7, 11) is -7.00. The molecule has 2 N–H and O–H groups in total. The lowest BCUT2D eigenvalue weighted by Crippen LogP contribution is -2.37. The number of nitrogens with zero attached hydrogens (tertiary/aromatic N) is 2. The molecule has 4 nitrogen and oxygen atoms in total. The highest BCUT2D eigenvalue weighted by molar-refractivity contribution is 6.90. The smallest absolute Gasteiger partial charge is 0.0816 e. The van der Waals surface area contributed by atoms with E-state index in [0.717, 1.165) is 133 Å². The Morgan fingerprint density at radius 3 is 0.573 bits per heavy atom. The topological polar surface area (TPSA) is 57.4 Å². The summed E-state index contributed by atoms with van der Waals surface area (Å²) in [6.45, 7) is 29.3. The van der Waals surface area contributed by atoms with Gasteiger partial charge < -0.3 is 9.97 Å². The first-order valence-corrected chi connectivity index (χ1v) is 48.1. The Hall–Kier alpha value is -9.81. The summed E-state index contributed by atoms with van der Waals surface area (Å²) < 4.78 is 0. The molecule has 8 heteroatoms. The Morgan fingerprint density at radius 2 is 0.396 bits per heavy atom. The molecule has 17 rings (SSSR count). The number of rotatable bonds is 8. The van der Waals surface area contributed by atoms with Crippen LogP contribution in [0.15, 0.2) is 243 Å². The first-order chi connectivity index (χ1) is 46.1. The lowest BCUT2D eigenvalue weighted by Gasteiger charge is -2.17. The van der Waals surface area contributed by atoms with E-state index in [1.54, 1.807) is 0 Å². The van der Waals surface area contributed by atoms with E-state index in [9.17, 15) is 0 Å². The third-order valence-electron chi connectivity index (χ3n) is 20.7. The zero-order chi connectivity index (χ0) is 65.9. The van der Waals surface area contributed by atoms with Gasteiger partial charge in [-0.2, -0.15) is 0 Å². The lowest BCUT2D eigenvalue weighted by molar-refractivity contribution is 1.40. The van der Waals surface area contributed by atoms with Crippen molar-refractivity contribution in [2.75, 3.05) is 0 Å². The van der Waals surface area contributed by atoms with Gasteiger partial charge in [0.05, 0.1) is 77.1 Å². The molecule has 0 amide bonds. The normalized spacial score (nSPS) is 12.8. The summed E-state index contributed by atoms with van der Waals surface area (Å²) in [6.07, 6.45) is 0. The summed E-state index contributed by atoms with van der Waals surface area (Å²) in [5.41, 5.74) is 20.8. The Labute approximate surface area is 566 Å². The molecule has 96 heavy (non-hydrogen) atoms. The minimum absolute atomic E-state index is 0.931. The third-order valence-corrected chi connectivity index (χ3v) is 29.0. The van der Waals surface area contributed by atoms with Gasteiger partial charge in [0.15, 0.2) is 0 Å². The number of hydrogen-bond donors (Lipinski definition) is 2. The van der Waals surface area contributed by atoms with Crippen molar-refractivity contribution in [1.29, 1.82) is 0 Å². The molecule has 12 aromatic carbocycles. The summed E-state index contributed by atoms with van der Waals surface area (Å²) in [5, 5.41) is 19.5. The molecule has 2 aromatic heterocycles. The van der Waals surface area contributed by atoms with Crippen LogP contribution in [-0.2, 0) is 0 Å². The van der Waals surface area contributed by atoms with E-state index >= 15 is 0 Å². The maximum Gasteiger partial charge on any atom is 0.0816 e. The highest BCUT2D eigenvalue weighted by Crippen LogP contribution is 2.54. The summed E-state index contributed by atoms with van der Waals surface area (Å²) in [4.78, 5) is 21.7. The van der Waals surface area contributed by atoms with Gasteiger partial charge in [0.1, 0.15) is 0 Å². The SMILES string of the molecule is C[Si](C)(C)c1ccc(-c2c3nc(c(-c4ccc([Si](C)(C)C)cc4)c4[nH]c(c(-c5ccc([Si](C)(C)C)cc5)c5nc(c(-c6ccc([Si](C)(C)C)cc6)c6[nH]c2c2cc7ccccc7cc62)-c2cc6ccccc6cc2-5)c2cc5ccccc5cc42)-c2cc4ccccc4cc2-3)cc1. The zero-order valence-corrected chi connectivity index (χ0v) is 61.0. The highest BCUT2D eigenvalue weighted by atomic mass is 28.3. The van der Waals surface area contributed by atoms with Crippen LogP contribution in [0.2, 0.25) is 78.6 Å². The number of nitrogens with one attached hydrogen (secondary N) is 2. The molecule has 8 bridgehead atoms. The van der Waals surface area contributed by atoms with Crippen LogP contribution in [0.25, 0.3) is 176 Å². The van der Waals surface area contributed by atoms with E-state index in [0.29, 0.717) is 0 Å². The van der Waals surface area contributed by atoms with Crippen LogP contribution in [0.1, 0.15) is 0 Å². The number of aromatic nitrogens is 4. The van der Waals surface area contributed by atoms with Crippen LogP contribution >= 0.6 is 0 Å². The molecule has 14 aromatic rings. The Morgan fingerprint density at radius 1 is 0.219 bits per heavy atom. The fraction of sp³-hybridized carbons (Fsp3) is 0.136. The molecule has 2 aliphatic heterocycles. The number of aromatic amines is 2. The van der Waals surface area contributed by atoms with Crippen molar-refractivity contribution in [3.63, 3.8) is 0 Å². The number of hydrogen-bond acceptors (Lipinski definition) is 2. The van der Waals surface area contributed by atoms with Crippen molar-refractivity contribution in [2.45, 2.75) is 78.6 Å². The van der Waals surface area contributed by atoms with E-state index in [1.165, 1.54) is 63.8 Å². The molecule has 4 heterocycles. The van der Waals surface area contributed by atoms with Crippen molar-refractivity contribution in [2.24, 2.45) is 0 Å². The van der Waals surface area contributed by atoms with E-state index in [2.05, 4.69) is 331 Å². The maximum atomic E-state index is 6.40. The molecular formula is C88H78N4Si4. The molecule has 0 saturated heterocycles. The molecule has 3 aliphatic rings. The molecule has 0 saturated carbocycles. The average Bonchev–Trinajstić information content (AvgIpc) is 1.55. The van der Waals surface area contributed by atoms with Gasteiger partial charge in [-0.15, -0.1) is 0 Å². The highest BCUT2D eigenvalue weighted by Gasteiger charge is 2.33. The van der Waals surface area contributed by atoms with Crippen molar-refractivity contribution >= 4 is 140 Å². The lowest BCUT2D eigenvalue weighted by atomic mass is 9.91. The van der Waals surface area contributed by atoms with E-state index in [4.69, 9.17) is 9.97 Å². The molecular weight excluding hydrogens is 1230 g/mol. The number of benzene rings is 12. The van der Waals surface area contributed by atoms with Gasteiger partial charge in [0.25, 0.3) is 0 Å². The number of H-pyrrole nitrogens is 2. The molecule has 0 atom stereocenters. The van der Waals surface area contributed by atoms with Crippen molar-refractivity contribution < 1.29 is 0 Å². The van der Waals surface area contributed by atoms with Gasteiger partial charge in [-0.3, -0.25) is 0 Å². The van der Waals surface area contributed by atoms with Gasteiger partial charge in [-0.25, -0.2) is 9.97 Å². The predicted molar refractivity (Wildman–Crippen MR) is 429 cm³/mol. The Balaban J connectivity index is 1.21. The van der Waals surface area contributed by atoms with E-state index in [1.807, 2.05) is 0 Å². The maximum absolute atomic E-state index is 6.40. The zero-order valence-electron chi connectivity index (χ0n) is 57.0. The Bertz CT molecular complexity index is 5230. The average molecular weight is 1300 g/mol. The summed E-state index contributed by atoms with van der Waals surface area (Å²) in [5.74, 6) is 0. The minimum Gasteiger partial charge on any atom is -0.353 e. The minimum atomic E-state index is -1.75. The largest absolute Gasteiger partial charge is 0.353 e. The second kappa shape index (κ2) is 21.9. The van der Waals surface area contributed by atoms with Crippen molar-refractivity contribution in [1.82, 2.24) is 19.9 Å². The fourth-order valence-electron chi connectivity index (χ4n) is 15.3. The van der Waals surface area contributed by atoms with Crippen LogP contribution in [0.5, 0.6) is 0 Å². The van der Waals surface area contributed by atoms with Gasteiger partial charge in [-0.1, -0.05) is 293 Å². The van der Waals surface area contributed by atoms with Crippen molar-refractivity contribution in [3.05, 3.63) is 243 Å². The Kier molecular flexibility index (Phi) is 13.6. The van der Waals surface area contributed by atoms with Crippen molar-refractivity contribution in [3.8, 4) is 89.5 Å². The van der Waals surface area contributed by atoms with Crippen LogP contribution in [-0.4, -0.2) is 52.2 Å². The van der Waals surface area contributed by atoms with E-state index in [-0.39, 0.29) is 0 Å². The summed E-state index contributed by atoms with van der Waals surface area (Å²) in [6, 6.07) is 93.4. The molecule has 1 aliphatic carbocycles. The monoisotopic (exact) mass is 1300 g/mol. The van der Waals surface area contributed by atoms with Gasteiger partial charge in [0.2, 0.25) is 0 Å². The second-order valence-corrected chi connectivity index (χ2v) is 51.5. The first kappa shape index (κ1) is 59.9. The van der Waals surface area contributed by atoms with Gasteiger partial charge in [-0.05, 0) is 114 Å². The summed E-state index contributed by atoms with van der Waals surface area (Å²) >= 11 is 0. The predicted octanol–water partition coefficient (Wildman–Crippen LogP) is 22.8. The fourth-order valence-corrected chi connectivity index (χ4v) is 19.9. The standard InChI is InChI=1S/C88H78N4Si4/c1-93(2,3)65-37-29-53(30-38-65)77-81-69-45-57-21-13-15-23-59(57)47-71(69)83(89-81)78(54-31-39-66(40-32-54)94(4,5)6)85-73-49-61-25-17-19-27-63(61)51-75(73)87(91-85)80(56-35-43-68(44-36-56)96(10,11)12)88-76-52-64-28-20-18-26-62(64)50-74(76)86(92-88)79(55-33-41-67(42-34-55)95(7,8)9)84-72-48-60-24-16-14-22-58(60)46-70(72)82(77)90-84/h13-52,89,92H,1-12H3. The quantitative estimate of drug-likeness (QED) is 0.149. The van der Waals surface area contributed by atoms with Gasteiger partial charge >= 0.3 is 0 Å². The first-order valence-electron chi connectivity index (χ1n) is 34.1. The molecule has 0 spiro atoms. The molecule has 466 valence electrons. The molecule has 0 fully saturated rings. The van der Waals surface area contributed by atoms with Crippen LogP contribution < -0.4 is 20.7 Å². The second-order valence-electron chi connectivity index (χ2n) is 31.2. The molecule has 0 unspecified atom stereocenters. The number of fused-ring (bicyclic) bond motifs is 4. The van der Waals surface area contributed by atoms with Crippen LogP contribution in [0.4, 0.5) is 0 Å². The van der Waals surface area contributed by atoms with Gasteiger partial charge in [0, 0.05) is 66.1 Å².